The summed E-state index contributed by atoms with van der Waals surface area (Å²) in [4.78, 5) is 0. The molecule has 0 bridgehead atoms. The number of hydrogen-bond acceptors (Lipinski definition) is 3. The quantitative estimate of drug-likeness (QED) is 0.0560. The van der Waals surface area contributed by atoms with Gasteiger partial charge in [-0.25, -0.2) is 0 Å². The molecule has 7 heteroatoms. The van der Waals surface area contributed by atoms with Gasteiger partial charge in [0.25, 0.3) is 0 Å². The number of hydrogen-bond donors (Lipinski definition) is 0. The molecule has 5 aromatic carbocycles. The largest absolute Gasteiger partial charge is 2.00 e. The van der Waals surface area contributed by atoms with E-state index in [0.717, 1.165) is 24.7 Å². The van der Waals surface area contributed by atoms with E-state index in [0.29, 0.717) is 22.6 Å². The Kier molecular flexibility index (Phi) is 23.7. The van der Waals surface area contributed by atoms with E-state index in [1.54, 1.807) is 0 Å². The van der Waals surface area contributed by atoms with E-state index >= 15 is 0 Å². The Labute approximate surface area is 344 Å². The van der Waals surface area contributed by atoms with Crippen LogP contribution in [0.15, 0.2) is 158 Å². The number of benzene rings is 5. The van der Waals surface area contributed by atoms with E-state index in [1.165, 1.54) is 21.9 Å². The zero-order chi connectivity index (χ0) is 37.6. The SMILES string of the molecule is CC(C)P(OCCSCCOP(C(C)C)C(C)C)C(C)C.[H-].[Ru+2].c1ccc([B-](c2ccccc2)(c2ccccc2)c2ccccc2)cc1.c1ccccc1. The van der Waals surface area contributed by atoms with Crippen LogP contribution in [0.4, 0.5) is 0 Å². The van der Waals surface area contributed by atoms with Crippen LogP contribution < -0.4 is 21.9 Å². The van der Waals surface area contributed by atoms with E-state index in [9.17, 15) is 0 Å². The van der Waals surface area contributed by atoms with Crippen molar-refractivity contribution in [3.8, 4) is 0 Å². The van der Waals surface area contributed by atoms with Gasteiger partial charge >= 0.3 is 19.5 Å². The molecular weight excluding hydrogens is 790 g/mol. The van der Waals surface area contributed by atoms with Crippen molar-refractivity contribution in [3.05, 3.63) is 158 Å². The summed E-state index contributed by atoms with van der Waals surface area (Å²) in [5.74, 6) is 2.17. The van der Waals surface area contributed by atoms with Gasteiger partial charge in [-0.05, 0) is 22.6 Å². The van der Waals surface area contributed by atoms with Crippen molar-refractivity contribution >= 4 is 56.1 Å². The van der Waals surface area contributed by atoms with Gasteiger partial charge < -0.3 is 10.5 Å². The summed E-state index contributed by atoms with van der Waals surface area (Å²) >= 11 is 1.95. The van der Waals surface area contributed by atoms with Crippen LogP contribution in [0.3, 0.4) is 0 Å². The van der Waals surface area contributed by atoms with Crippen LogP contribution in [0.2, 0.25) is 0 Å². The minimum Gasteiger partial charge on any atom is -1.00 e. The Morgan fingerprint density at radius 3 is 0.830 bits per heavy atom. The summed E-state index contributed by atoms with van der Waals surface area (Å²) in [7, 11) is -0.544. The molecule has 2 nitrogen and oxygen atoms in total. The van der Waals surface area contributed by atoms with E-state index in [-0.39, 0.29) is 37.2 Å². The first-order valence-electron chi connectivity index (χ1n) is 19.0. The fourth-order valence-electron chi connectivity index (χ4n) is 6.80. The molecule has 0 unspecified atom stereocenters. The monoisotopic (exact) mass is 854 g/mol. The number of thioether (sulfide) groups is 1. The van der Waals surface area contributed by atoms with Gasteiger partial charge in [0.05, 0.1) is 13.2 Å². The van der Waals surface area contributed by atoms with Crippen molar-refractivity contribution < 1.29 is 30.0 Å². The maximum Gasteiger partial charge on any atom is 2.00 e. The third-order valence-corrected chi connectivity index (χ3v) is 14.8. The molecule has 5 rings (SSSR count). The Hall–Kier alpha value is -2.08. The smallest absolute Gasteiger partial charge is 1.00 e. The van der Waals surface area contributed by atoms with Crippen molar-refractivity contribution in [2.75, 3.05) is 24.7 Å². The Balaban J connectivity index is 0.000000458. The van der Waals surface area contributed by atoms with Crippen LogP contribution in [0.25, 0.3) is 0 Å². The van der Waals surface area contributed by atoms with Gasteiger partial charge in [-0.1, -0.05) is 213 Å². The van der Waals surface area contributed by atoms with Gasteiger partial charge in [0, 0.05) is 27.8 Å². The zero-order valence-electron chi connectivity index (χ0n) is 34.2. The topological polar surface area (TPSA) is 18.5 Å². The Morgan fingerprint density at radius 1 is 0.415 bits per heavy atom. The molecule has 0 aromatic heterocycles. The number of rotatable bonds is 16. The molecule has 0 atom stereocenters. The van der Waals surface area contributed by atoms with E-state index in [1.807, 2.05) is 48.2 Å². The van der Waals surface area contributed by atoms with Gasteiger partial charge in [0.2, 0.25) is 0 Å². The molecule has 0 spiro atoms. The van der Waals surface area contributed by atoms with Gasteiger partial charge in [-0.15, -0.1) is 0 Å². The van der Waals surface area contributed by atoms with E-state index in [4.69, 9.17) is 9.05 Å². The fourth-order valence-corrected chi connectivity index (χ4v) is 11.8. The molecule has 0 amide bonds. The third-order valence-electron chi connectivity index (χ3n) is 8.84. The minimum absolute atomic E-state index is 0. The van der Waals surface area contributed by atoms with Crippen molar-refractivity contribution in [2.24, 2.45) is 0 Å². The first-order chi connectivity index (χ1) is 25.2. The van der Waals surface area contributed by atoms with Gasteiger partial charge in [0.1, 0.15) is 6.15 Å². The second-order valence-corrected chi connectivity index (χ2v) is 21.3. The third kappa shape index (κ3) is 15.5. The molecule has 0 aliphatic carbocycles. The molecule has 0 saturated heterocycles. The minimum atomic E-state index is -1.22. The van der Waals surface area contributed by atoms with Crippen LogP contribution in [-0.2, 0) is 28.5 Å². The molecule has 0 aliphatic heterocycles. The summed E-state index contributed by atoms with van der Waals surface area (Å²) in [5, 5.41) is 0. The second-order valence-electron chi connectivity index (χ2n) is 14.0. The van der Waals surface area contributed by atoms with Gasteiger partial charge in [-0.3, -0.25) is 0 Å². The van der Waals surface area contributed by atoms with Gasteiger partial charge in [0.15, 0.2) is 0 Å². The molecule has 0 radical (unpaired) electrons. The first-order valence-corrected chi connectivity index (χ1v) is 22.9. The van der Waals surface area contributed by atoms with Crippen LogP contribution in [-0.4, -0.2) is 53.5 Å². The molecular formula is C46H63BO2P2RuS. The van der Waals surface area contributed by atoms with Crippen LogP contribution in [0.5, 0.6) is 0 Å². The molecule has 286 valence electrons. The van der Waals surface area contributed by atoms with Crippen molar-refractivity contribution in [3.63, 3.8) is 0 Å². The van der Waals surface area contributed by atoms with Crippen molar-refractivity contribution in [1.29, 1.82) is 0 Å². The Morgan fingerprint density at radius 2 is 0.623 bits per heavy atom. The van der Waals surface area contributed by atoms with Crippen molar-refractivity contribution in [2.45, 2.75) is 78.0 Å². The Bertz CT molecular complexity index is 1360. The summed E-state index contributed by atoms with van der Waals surface area (Å²) in [6, 6.07) is 55.5. The summed E-state index contributed by atoms with van der Waals surface area (Å²) < 4.78 is 12.2. The summed E-state index contributed by atoms with van der Waals surface area (Å²) in [5.41, 5.74) is 8.00. The second kappa shape index (κ2) is 26.7. The molecule has 0 saturated carbocycles. The maximum atomic E-state index is 6.08. The normalized spacial score (nSPS) is 11.3. The summed E-state index contributed by atoms with van der Waals surface area (Å²) in [6.07, 6.45) is -1.22. The van der Waals surface area contributed by atoms with Crippen LogP contribution >= 0.6 is 28.1 Å². The molecule has 0 aliphatic rings. The van der Waals surface area contributed by atoms with Gasteiger partial charge in [-0.2, -0.15) is 33.6 Å². The average molecular weight is 854 g/mol. The predicted octanol–water partition coefficient (Wildman–Crippen LogP) is 11.0. The molecule has 0 heterocycles. The molecule has 5 aromatic rings. The first kappa shape index (κ1) is 47.1. The van der Waals surface area contributed by atoms with E-state index in [2.05, 4.69) is 177 Å². The van der Waals surface area contributed by atoms with E-state index < -0.39 is 6.15 Å². The predicted molar refractivity (Wildman–Crippen MR) is 241 cm³/mol. The molecule has 0 N–H and O–H groups in total. The zero-order valence-corrected chi connectivity index (χ0v) is 37.5. The standard InChI is InChI=1S/C24H20B.C16H36O2P2S.C6H6.Ru.H/c1-5-13-21(14-6-1)25(22-15-7-2-8-16-22,23-17-9-3-10-18-23)24-19-11-4-12-20-24;1-13(2)19(14(3)4)17-9-11-21-12-10-18-20(15(5)6)16(7)8;1-2-4-6-5-3-1;;/h1-20H;13-16H,9-12H2,1-8H3;1-6H;;/q-1;;;+2;-1. The molecule has 53 heavy (non-hydrogen) atoms. The van der Waals surface area contributed by atoms with Crippen molar-refractivity contribution in [1.82, 2.24) is 0 Å². The summed E-state index contributed by atoms with van der Waals surface area (Å²) in [6.45, 7) is 19.9. The van der Waals surface area contributed by atoms with Crippen LogP contribution in [0.1, 0.15) is 56.8 Å². The fraction of sp³-hybridized carbons (Fsp3) is 0.348. The molecule has 0 fully saturated rings. The average Bonchev–Trinajstić information content (AvgIpc) is 3.17. The van der Waals surface area contributed by atoms with Crippen LogP contribution in [0, 0.1) is 0 Å². The maximum absolute atomic E-state index is 6.08.